The van der Waals surface area contributed by atoms with E-state index in [9.17, 15) is 4.39 Å². The minimum atomic E-state index is -0.224. The lowest BCUT2D eigenvalue weighted by molar-refractivity contribution is 0.138. The van der Waals surface area contributed by atoms with Crippen LogP contribution < -0.4 is 0 Å². The smallest absolute Gasteiger partial charge is 0.123 e. The number of nitrogens with zero attached hydrogens (tertiary/aromatic N) is 3. The normalized spacial score (nSPS) is 18.0. The highest BCUT2D eigenvalue weighted by Crippen LogP contribution is 2.32. The van der Waals surface area contributed by atoms with Crippen molar-refractivity contribution in [3.8, 4) is 11.3 Å². The fourth-order valence-corrected chi connectivity index (χ4v) is 3.65. The molecule has 26 heavy (non-hydrogen) atoms. The zero-order chi connectivity index (χ0) is 17.8. The lowest BCUT2D eigenvalue weighted by atomic mass is 9.95. The Kier molecular flexibility index (Phi) is 5.02. The van der Waals surface area contributed by atoms with Crippen molar-refractivity contribution in [3.05, 3.63) is 84.1 Å². The largest absolute Gasteiger partial charge is 0.290 e. The van der Waals surface area contributed by atoms with Gasteiger partial charge in [0.05, 0.1) is 11.4 Å². The van der Waals surface area contributed by atoms with Gasteiger partial charge in [-0.05, 0) is 67.4 Å². The van der Waals surface area contributed by atoms with Gasteiger partial charge < -0.3 is 0 Å². The third-order valence-electron chi connectivity index (χ3n) is 5.02. The number of benzene rings is 1. The lowest BCUT2D eigenvalue weighted by Crippen LogP contribution is -2.33. The highest BCUT2D eigenvalue weighted by molar-refractivity contribution is 5.58. The molecule has 0 amide bonds. The van der Waals surface area contributed by atoms with Gasteiger partial charge in [0.25, 0.3) is 0 Å². The van der Waals surface area contributed by atoms with Crippen molar-refractivity contribution in [2.45, 2.75) is 31.8 Å². The molecule has 1 atom stereocenters. The molecule has 2 aromatic heterocycles. The molecule has 3 nitrogen and oxygen atoms in total. The number of rotatable bonds is 4. The van der Waals surface area contributed by atoms with E-state index >= 15 is 0 Å². The first-order chi connectivity index (χ1) is 12.8. The molecule has 0 aliphatic carbocycles. The molecule has 132 valence electrons. The zero-order valence-corrected chi connectivity index (χ0v) is 14.7. The van der Waals surface area contributed by atoms with Crippen molar-refractivity contribution >= 4 is 0 Å². The van der Waals surface area contributed by atoms with Crippen molar-refractivity contribution in [3.63, 3.8) is 0 Å². The minimum absolute atomic E-state index is 0.224. The van der Waals surface area contributed by atoms with Gasteiger partial charge in [-0.3, -0.25) is 14.9 Å². The predicted octanol–water partition coefficient (Wildman–Crippen LogP) is 5.01. The molecule has 0 radical (unpaired) electrons. The third-order valence-corrected chi connectivity index (χ3v) is 5.02. The standard InChI is InChI=1S/C22H22FN3/c23-19-10-7-17(8-11-19)21-12-9-18(15-25-21)22-6-2-4-14-26(22)16-20-5-1-3-13-24-20/h1,3,5,7-13,15,22H,2,4,6,14,16H2/t22-/m1/s1. The summed E-state index contributed by atoms with van der Waals surface area (Å²) in [6.45, 7) is 1.95. The monoisotopic (exact) mass is 347 g/mol. The van der Waals surface area contributed by atoms with Crippen molar-refractivity contribution in [2.75, 3.05) is 6.54 Å². The maximum atomic E-state index is 13.1. The number of pyridine rings is 2. The van der Waals surface area contributed by atoms with Gasteiger partial charge >= 0.3 is 0 Å². The van der Waals surface area contributed by atoms with Crippen LogP contribution in [0.15, 0.2) is 67.0 Å². The zero-order valence-electron chi connectivity index (χ0n) is 14.7. The second kappa shape index (κ2) is 7.75. The van der Waals surface area contributed by atoms with Crippen molar-refractivity contribution in [2.24, 2.45) is 0 Å². The molecule has 3 aromatic rings. The Labute approximate surface area is 153 Å². The van der Waals surface area contributed by atoms with Crippen molar-refractivity contribution in [1.82, 2.24) is 14.9 Å². The molecule has 0 spiro atoms. The summed E-state index contributed by atoms with van der Waals surface area (Å²) in [5, 5.41) is 0. The van der Waals surface area contributed by atoms with Crippen LogP contribution in [0.25, 0.3) is 11.3 Å². The van der Waals surface area contributed by atoms with Gasteiger partial charge in [-0.1, -0.05) is 18.6 Å². The van der Waals surface area contributed by atoms with Gasteiger partial charge in [-0.2, -0.15) is 0 Å². The van der Waals surface area contributed by atoms with Crippen LogP contribution in [-0.2, 0) is 6.54 Å². The highest BCUT2D eigenvalue weighted by atomic mass is 19.1. The summed E-state index contributed by atoms with van der Waals surface area (Å²) in [6, 6.07) is 17.1. The maximum Gasteiger partial charge on any atom is 0.123 e. The number of hydrogen-bond acceptors (Lipinski definition) is 3. The fourth-order valence-electron chi connectivity index (χ4n) is 3.65. The van der Waals surface area contributed by atoms with Gasteiger partial charge in [0.2, 0.25) is 0 Å². The van der Waals surface area contributed by atoms with Crippen LogP contribution in [0.4, 0.5) is 4.39 Å². The molecule has 1 aromatic carbocycles. The molecule has 1 aliphatic heterocycles. The first-order valence-corrected chi connectivity index (χ1v) is 9.15. The quantitative estimate of drug-likeness (QED) is 0.664. The van der Waals surface area contributed by atoms with Crippen LogP contribution >= 0.6 is 0 Å². The molecule has 0 saturated carbocycles. The van der Waals surface area contributed by atoms with Crippen LogP contribution in [0.2, 0.25) is 0 Å². The third kappa shape index (κ3) is 3.81. The second-order valence-electron chi connectivity index (χ2n) is 6.79. The first kappa shape index (κ1) is 16.9. The van der Waals surface area contributed by atoms with Gasteiger partial charge in [0.1, 0.15) is 5.82 Å². The van der Waals surface area contributed by atoms with Gasteiger partial charge in [0, 0.05) is 30.5 Å². The van der Waals surface area contributed by atoms with Crippen LogP contribution in [0.5, 0.6) is 0 Å². The number of aromatic nitrogens is 2. The Hall–Kier alpha value is -2.59. The average Bonchev–Trinajstić information content (AvgIpc) is 2.70. The second-order valence-corrected chi connectivity index (χ2v) is 6.79. The van der Waals surface area contributed by atoms with E-state index in [1.807, 2.05) is 30.6 Å². The molecule has 0 bridgehead atoms. The van der Waals surface area contributed by atoms with Crippen LogP contribution in [0.1, 0.15) is 36.6 Å². The molecule has 1 aliphatic rings. The maximum absolute atomic E-state index is 13.1. The van der Waals surface area contributed by atoms with Crippen LogP contribution in [0, 0.1) is 5.82 Å². The molecule has 0 N–H and O–H groups in total. The highest BCUT2D eigenvalue weighted by Gasteiger charge is 2.24. The topological polar surface area (TPSA) is 29.0 Å². The summed E-state index contributed by atoms with van der Waals surface area (Å²) < 4.78 is 13.1. The van der Waals surface area contributed by atoms with E-state index in [0.717, 1.165) is 36.5 Å². The molecular formula is C22H22FN3. The van der Waals surface area contributed by atoms with E-state index in [2.05, 4.69) is 27.0 Å². The summed E-state index contributed by atoms with van der Waals surface area (Å²) in [4.78, 5) is 11.6. The molecule has 1 fully saturated rings. The van der Waals surface area contributed by atoms with Crippen LogP contribution in [-0.4, -0.2) is 21.4 Å². The van der Waals surface area contributed by atoms with Crippen molar-refractivity contribution in [1.29, 1.82) is 0 Å². The Morgan fingerprint density at radius 1 is 0.962 bits per heavy atom. The summed E-state index contributed by atoms with van der Waals surface area (Å²) >= 11 is 0. The molecule has 4 heteroatoms. The van der Waals surface area contributed by atoms with E-state index in [1.54, 1.807) is 12.1 Å². The van der Waals surface area contributed by atoms with Gasteiger partial charge in [-0.15, -0.1) is 0 Å². The van der Waals surface area contributed by atoms with E-state index in [0.29, 0.717) is 6.04 Å². The molecular weight excluding hydrogens is 325 g/mol. The Morgan fingerprint density at radius 3 is 2.58 bits per heavy atom. The Morgan fingerprint density at radius 2 is 1.85 bits per heavy atom. The summed E-state index contributed by atoms with van der Waals surface area (Å²) in [7, 11) is 0. The molecule has 1 saturated heterocycles. The van der Waals surface area contributed by atoms with Crippen LogP contribution in [0.3, 0.4) is 0 Å². The molecule has 4 rings (SSSR count). The van der Waals surface area contributed by atoms with E-state index in [1.165, 1.54) is 30.5 Å². The summed E-state index contributed by atoms with van der Waals surface area (Å²) in [6.07, 6.45) is 7.44. The molecule has 0 unspecified atom stereocenters. The number of likely N-dealkylation sites (tertiary alicyclic amines) is 1. The number of piperidine rings is 1. The Bertz CT molecular complexity index is 832. The van der Waals surface area contributed by atoms with Gasteiger partial charge in [0.15, 0.2) is 0 Å². The first-order valence-electron chi connectivity index (χ1n) is 9.15. The summed E-state index contributed by atoms with van der Waals surface area (Å²) in [5.74, 6) is -0.224. The SMILES string of the molecule is Fc1ccc(-c2ccc([C@H]3CCCCN3Cc3ccccn3)cn2)cc1. The molecule has 3 heterocycles. The van der Waals surface area contributed by atoms with Crippen molar-refractivity contribution < 1.29 is 4.39 Å². The number of hydrogen-bond donors (Lipinski definition) is 0. The fraction of sp³-hybridized carbons (Fsp3) is 0.273. The average molecular weight is 347 g/mol. The Balaban J connectivity index is 1.53. The number of halogens is 1. The van der Waals surface area contributed by atoms with E-state index < -0.39 is 0 Å². The minimum Gasteiger partial charge on any atom is -0.290 e. The van der Waals surface area contributed by atoms with E-state index in [-0.39, 0.29) is 5.82 Å². The lowest BCUT2D eigenvalue weighted by Gasteiger charge is -2.35. The summed E-state index contributed by atoms with van der Waals surface area (Å²) in [5.41, 5.74) is 4.16. The van der Waals surface area contributed by atoms with E-state index in [4.69, 9.17) is 0 Å². The predicted molar refractivity (Wildman–Crippen MR) is 101 cm³/mol. The van der Waals surface area contributed by atoms with Gasteiger partial charge in [-0.25, -0.2) is 4.39 Å².